The first-order valence-corrected chi connectivity index (χ1v) is 4.39. The normalized spacial score (nSPS) is 22.9. The van der Waals surface area contributed by atoms with Crippen LogP contribution in [0, 0.1) is 0 Å². The summed E-state index contributed by atoms with van der Waals surface area (Å²) in [4.78, 5) is 14.3. The zero-order valence-corrected chi connectivity index (χ0v) is 7.19. The number of hydrogen-bond acceptors (Lipinski definition) is 4. The second kappa shape index (κ2) is 3.66. The van der Waals surface area contributed by atoms with Gasteiger partial charge in [-0.15, -0.1) is 0 Å². The van der Waals surface area contributed by atoms with Gasteiger partial charge in [0.05, 0.1) is 0 Å². The first kappa shape index (κ1) is 8.37. The van der Waals surface area contributed by atoms with Crippen molar-refractivity contribution in [1.82, 2.24) is 15.2 Å². The molecule has 1 aliphatic rings. The highest BCUT2D eigenvalue weighted by molar-refractivity contribution is 5.68. The predicted octanol–water partition coefficient (Wildman–Crippen LogP) is 0.859. The van der Waals surface area contributed by atoms with E-state index in [-0.39, 0.29) is 11.9 Å². The molecular weight excluding hydrogens is 170 g/mol. The molecule has 0 aromatic carbocycles. The molecule has 2 rings (SSSR count). The lowest BCUT2D eigenvalue weighted by Crippen LogP contribution is -2.12. The van der Waals surface area contributed by atoms with Crippen LogP contribution < -0.4 is 0 Å². The molecule has 2 heterocycles. The quantitative estimate of drug-likeness (QED) is 0.687. The summed E-state index contributed by atoms with van der Waals surface area (Å²) in [6, 6.07) is 0. The maximum atomic E-state index is 10.3. The lowest BCUT2D eigenvalue weighted by molar-refractivity contribution is 0.00965. The van der Waals surface area contributed by atoms with E-state index < -0.39 is 0 Å². The van der Waals surface area contributed by atoms with Gasteiger partial charge in [-0.05, 0) is 19.3 Å². The Labute approximate surface area is 75.5 Å². The SMILES string of the molecule is O=Cc1n[nH]c(C2CCCCO2)n1. The molecule has 1 fully saturated rings. The Morgan fingerprint density at radius 1 is 1.54 bits per heavy atom. The lowest BCUT2D eigenvalue weighted by Gasteiger charge is -2.19. The number of H-pyrrole nitrogens is 1. The zero-order valence-electron chi connectivity index (χ0n) is 7.19. The zero-order chi connectivity index (χ0) is 9.10. The average Bonchev–Trinajstić information content (AvgIpc) is 2.67. The van der Waals surface area contributed by atoms with Gasteiger partial charge in [-0.25, -0.2) is 4.98 Å². The molecule has 0 saturated carbocycles. The molecule has 1 atom stereocenters. The molecule has 0 bridgehead atoms. The highest BCUT2D eigenvalue weighted by Gasteiger charge is 2.19. The molecule has 1 unspecified atom stereocenters. The van der Waals surface area contributed by atoms with Crippen LogP contribution >= 0.6 is 0 Å². The highest BCUT2D eigenvalue weighted by atomic mass is 16.5. The number of carbonyl (C=O) groups is 1. The summed E-state index contributed by atoms with van der Waals surface area (Å²) in [7, 11) is 0. The van der Waals surface area contributed by atoms with E-state index in [9.17, 15) is 4.79 Å². The van der Waals surface area contributed by atoms with E-state index >= 15 is 0 Å². The first-order valence-electron chi connectivity index (χ1n) is 4.39. The van der Waals surface area contributed by atoms with Crippen molar-refractivity contribution >= 4 is 6.29 Å². The summed E-state index contributed by atoms with van der Waals surface area (Å²) >= 11 is 0. The number of aromatic amines is 1. The molecule has 5 heteroatoms. The summed E-state index contributed by atoms with van der Waals surface area (Å²) in [6.07, 6.45) is 3.82. The molecule has 1 aliphatic heterocycles. The highest BCUT2D eigenvalue weighted by Crippen LogP contribution is 2.24. The Balaban J connectivity index is 2.09. The van der Waals surface area contributed by atoms with Crippen LogP contribution in [0.3, 0.4) is 0 Å². The average molecular weight is 181 g/mol. The molecule has 0 amide bonds. The Morgan fingerprint density at radius 2 is 2.46 bits per heavy atom. The molecular formula is C8H11N3O2. The summed E-state index contributed by atoms with van der Waals surface area (Å²) < 4.78 is 5.47. The fourth-order valence-electron chi connectivity index (χ4n) is 1.44. The van der Waals surface area contributed by atoms with Crippen molar-refractivity contribution < 1.29 is 9.53 Å². The number of rotatable bonds is 2. The van der Waals surface area contributed by atoms with Crippen LogP contribution in [0.2, 0.25) is 0 Å². The number of carbonyl (C=O) groups excluding carboxylic acids is 1. The predicted molar refractivity (Wildman–Crippen MR) is 44.3 cm³/mol. The molecule has 1 saturated heterocycles. The van der Waals surface area contributed by atoms with Gasteiger partial charge in [0.2, 0.25) is 5.82 Å². The van der Waals surface area contributed by atoms with Gasteiger partial charge >= 0.3 is 0 Å². The second-order valence-corrected chi connectivity index (χ2v) is 3.05. The number of nitrogens with one attached hydrogen (secondary N) is 1. The van der Waals surface area contributed by atoms with E-state index in [0.717, 1.165) is 25.9 Å². The van der Waals surface area contributed by atoms with Crippen LogP contribution in [-0.2, 0) is 4.74 Å². The van der Waals surface area contributed by atoms with Gasteiger partial charge in [-0.1, -0.05) is 0 Å². The number of ether oxygens (including phenoxy) is 1. The third kappa shape index (κ3) is 1.75. The number of nitrogens with zero attached hydrogens (tertiary/aromatic N) is 2. The number of aromatic nitrogens is 3. The molecule has 5 nitrogen and oxygen atoms in total. The molecule has 13 heavy (non-hydrogen) atoms. The van der Waals surface area contributed by atoms with E-state index in [1.54, 1.807) is 0 Å². The first-order chi connectivity index (χ1) is 6.40. The van der Waals surface area contributed by atoms with Gasteiger partial charge in [-0.3, -0.25) is 9.89 Å². The van der Waals surface area contributed by atoms with Crippen molar-refractivity contribution in [3.05, 3.63) is 11.6 Å². The van der Waals surface area contributed by atoms with E-state index in [2.05, 4.69) is 15.2 Å². The number of aldehydes is 1. The number of hydrogen-bond donors (Lipinski definition) is 1. The van der Waals surface area contributed by atoms with E-state index in [1.165, 1.54) is 0 Å². The van der Waals surface area contributed by atoms with E-state index in [1.807, 2.05) is 0 Å². The minimum absolute atomic E-state index is 0.00468. The largest absolute Gasteiger partial charge is 0.370 e. The monoisotopic (exact) mass is 181 g/mol. The van der Waals surface area contributed by atoms with E-state index in [0.29, 0.717) is 12.1 Å². The van der Waals surface area contributed by atoms with Gasteiger partial charge in [-0.2, -0.15) is 5.10 Å². The molecule has 0 aliphatic carbocycles. The van der Waals surface area contributed by atoms with Crippen molar-refractivity contribution in [3.63, 3.8) is 0 Å². The Bertz CT molecular complexity index is 291. The Morgan fingerprint density at radius 3 is 3.08 bits per heavy atom. The van der Waals surface area contributed by atoms with Crippen molar-refractivity contribution in [3.8, 4) is 0 Å². The van der Waals surface area contributed by atoms with Crippen molar-refractivity contribution in [1.29, 1.82) is 0 Å². The maximum Gasteiger partial charge on any atom is 0.214 e. The topological polar surface area (TPSA) is 67.9 Å². The van der Waals surface area contributed by atoms with Crippen LogP contribution in [0.25, 0.3) is 0 Å². The van der Waals surface area contributed by atoms with E-state index in [4.69, 9.17) is 4.74 Å². The summed E-state index contributed by atoms with van der Waals surface area (Å²) in [6.45, 7) is 0.766. The maximum absolute atomic E-state index is 10.3. The minimum atomic E-state index is -0.00468. The van der Waals surface area contributed by atoms with Crippen molar-refractivity contribution in [2.75, 3.05) is 6.61 Å². The second-order valence-electron chi connectivity index (χ2n) is 3.05. The van der Waals surface area contributed by atoms with Gasteiger partial charge < -0.3 is 4.74 Å². The van der Waals surface area contributed by atoms with Crippen LogP contribution in [0.4, 0.5) is 0 Å². The van der Waals surface area contributed by atoms with Crippen LogP contribution in [-0.4, -0.2) is 28.1 Å². The van der Waals surface area contributed by atoms with Crippen LogP contribution in [0.15, 0.2) is 0 Å². The van der Waals surface area contributed by atoms with Gasteiger partial charge in [0.15, 0.2) is 12.1 Å². The van der Waals surface area contributed by atoms with Crippen molar-refractivity contribution in [2.24, 2.45) is 0 Å². The fraction of sp³-hybridized carbons (Fsp3) is 0.625. The molecule has 0 spiro atoms. The summed E-state index contributed by atoms with van der Waals surface area (Å²) in [5.41, 5.74) is 0. The smallest absolute Gasteiger partial charge is 0.214 e. The summed E-state index contributed by atoms with van der Waals surface area (Å²) in [5.74, 6) is 0.867. The van der Waals surface area contributed by atoms with Crippen molar-refractivity contribution in [2.45, 2.75) is 25.4 Å². The standard InChI is InChI=1S/C8H11N3O2/c12-5-7-9-8(11-10-7)6-3-1-2-4-13-6/h5-6H,1-4H2,(H,9,10,11). The Hall–Kier alpha value is -1.23. The third-order valence-electron chi connectivity index (χ3n) is 2.11. The summed E-state index contributed by atoms with van der Waals surface area (Å²) in [5, 5.41) is 6.43. The lowest BCUT2D eigenvalue weighted by atomic mass is 10.1. The minimum Gasteiger partial charge on any atom is -0.370 e. The van der Waals surface area contributed by atoms with Crippen LogP contribution in [0.5, 0.6) is 0 Å². The molecule has 0 radical (unpaired) electrons. The van der Waals surface area contributed by atoms with Gasteiger partial charge in [0.25, 0.3) is 0 Å². The molecule has 1 aromatic rings. The Kier molecular flexibility index (Phi) is 2.35. The molecule has 1 N–H and O–H groups in total. The molecule has 70 valence electrons. The molecule has 1 aromatic heterocycles. The van der Waals surface area contributed by atoms with Crippen LogP contribution in [0.1, 0.15) is 41.8 Å². The van der Waals surface area contributed by atoms with Gasteiger partial charge in [0, 0.05) is 6.61 Å². The third-order valence-corrected chi connectivity index (χ3v) is 2.11. The fourth-order valence-corrected chi connectivity index (χ4v) is 1.44. The van der Waals surface area contributed by atoms with Gasteiger partial charge in [0.1, 0.15) is 6.10 Å².